The molecule has 0 bridgehead atoms. The fourth-order valence-electron chi connectivity index (χ4n) is 2.76. The number of aryl methyl sites for hydroxylation is 1. The van der Waals surface area contributed by atoms with Gasteiger partial charge in [-0.25, -0.2) is 4.98 Å². The lowest BCUT2D eigenvalue weighted by molar-refractivity contribution is -0.146. The van der Waals surface area contributed by atoms with Gasteiger partial charge in [0.2, 0.25) is 0 Å². The molecule has 2 fully saturated rings. The molecule has 2 aliphatic rings. The van der Waals surface area contributed by atoms with Gasteiger partial charge >= 0.3 is 0 Å². The molecular weight excluding hydrogens is 202 g/mol. The van der Waals surface area contributed by atoms with Crippen molar-refractivity contribution in [1.82, 2.24) is 14.9 Å². The molecule has 1 spiro atoms. The van der Waals surface area contributed by atoms with Crippen LogP contribution < -0.4 is 5.32 Å². The summed E-state index contributed by atoms with van der Waals surface area (Å²) in [6.45, 7) is 4.89. The number of hydrogen-bond acceptors (Lipinski definition) is 3. The minimum absolute atomic E-state index is 0.0468. The van der Waals surface area contributed by atoms with Gasteiger partial charge in [-0.3, -0.25) is 0 Å². The molecule has 1 saturated heterocycles. The van der Waals surface area contributed by atoms with E-state index in [1.807, 2.05) is 6.33 Å². The van der Waals surface area contributed by atoms with Crippen molar-refractivity contribution in [2.24, 2.45) is 0 Å². The number of hydrogen-bond donors (Lipinski definition) is 1. The summed E-state index contributed by atoms with van der Waals surface area (Å²) in [6, 6.07) is 0.294. The molecule has 0 aromatic carbocycles. The van der Waals surface area contributed by atoms with Crippen LogP contribution in [0.15, 0.2) is 12.5 Å². The van der Waals surface area contributed by atoms with Crippen molar-refractivity contribution in [2.45, 2.75) is 44.4 Å². The van der Waals surface area contributed by atoms with Gasteiger partial charge in [0.05, 0.1) is 30.3 Å². The van der Waals surface area contributed by atoms with Gasteiger partial charge in [0, 0.05) is 19.3 Å². The molecule has 0 amide bonds. The zero-order valence-corrected chi connectivity index (χ0v) is 9.78. The van der Waals surface area contributed by atoms with E-state index in [9.17, 15) is 0 Å². The van der Waals surface area contributed by atoms with E-state index in [2.05, 4.69) is 28.0 Å². The van der Waals surface area contributed by atoms with E-state index < -0.39 is 0 Å². The van der Waals surface area contributed by atoms with Crippen LogP contribution in [0.3, 0.4) is 0 Å². The average Bonchev–Trinajstić information content (AvgIpc) is 2.75. The molecule has 2 heterocycles. The van der Waals surface area contributed by atoms with Crippen molar-refractivity contribution >= 4 is 0 Å². The normalized spacial score (nSPS) is 27.9. The topological polar surface area (TPSA) is 39.1 Å². The summed E-state index contributed by atoms with van der Waals surface area (Å²) in [6.07, 6.45) is 7.68. The van der Waals surface area contributed by atoms with Crippen LogP contribution in [0.5, 0.6) is 0 Å². The number of nitrogens with zero attached hydrogens (tertiary/aromatic N) is 2. The molecule has 1 atom stereocenters. The second-order valence-electron chi connectivity index (χ2n) is 4.78. The zero-order valence-electron chi connectivity index (χ0n) is 9.78. The minimum atomic E-state index is 0.0468. The van der Waals surface area contributed by atoms with Gasteiger partial charge in [0.1, 0.15) is 0 Å². The lowest BCUT2D eigenvalue weighted by Crippen LogP contribution is -2.56. The van der Waals surface area contributed by atoms with Crippen molar-refractivity contribution in [1.29, 1.82) is 0 Å². The quantitative estimate of drug-likeness (QED) is 0.822. The highest BCUT2D eigenvalue weighted by Gasteiger charge is 2.48. The van der Waals surface area contributed by atoms with E-state index in [-0.39, 0.29) is 5.60 Å². The Labute approximate surface area is 96.0 Å². The lowest BCUT2D eigenvalue weighted by Gasteiger charge is -2.49. The highest BCUT2D eigenvalue weighted by atomic mass is 16.5. The predicted molar refractivity (Wildman–Crippen MR) is 61.2 cm³/mol. The Kier molecular flexibility index (Phi) is 2.48. The van der Waals surface area contributed by atoms with E-state index in [0.717, 1.165) is 25.4 Å². The van der Waals surface area contributed by atoms with Crippen LogP contribution in [0.2, 0.25) is 0 Å². The maximum atomic E-state index is 6.00. The van der Waals surface area contributed by atoms with Crippen molar-refractivity contribution in [3.05, 3.63) is 18.2 Å². The SMILES string of the molecule is CCn1cnc(C2NCCOC23CCC3)c1. The molecule has 4 heteroatoms. The summed E-state index contributed by atoms with van der Waals surface area (Å²) in [5.41, 5.74) is 1.19. The van der Waals surface area contributed by atoms with E-state index in [1.54, 1.807) is 0 Å². The molecule has 1 unspecified atom stereocenters. The molecule has 88 valence electrons. The zero-order chi connectivity index (χ0) is 11.0. The van der Waals surface area contributed by atoms with Gasteiger partial charge in [0.15, 0.2) is 0 Å². The van der Waals surface area contributed by atoms with Gasteiger partial charge < -0.3 is 14.6 Å². The number of morpholine rings is 1. The third kappa shape index (κ3) is 1.48. The van der Waals surface area contributed by atoms with Crippen molar-refractivity contribution in [3.8, 4) is 0 Å². The molecule has 1 aromatic heterocycles. The van der Waals surface area contributed by atoms with Crippen LogP contribution in [-0.4, -0.2) is 28.3 Å². The Bertz CT molecular complexity index is 370. The highest BCUT2D eigenvalue weighted by molar-refractivity contribution is 5.15. The number of rotatable bonds is 2. The molecule has 0 radical (unpaired) electrons. The summed E-state index contributed by atoms with van der Waals surface area (Å²) in [5.74, 6) is 0. The second-order valence-corrected chi connectivity index (χ2v) is 4.78. The Hall–Kier alpha value is -0.870. The van der Waals surface area contributed by atoms with Gasteiger partial charge in [0.25, 0.3) is 0 Å². The third-order valence-corrected chi connectivity index (χ3v) is 3.88. The molecule has 16 heavy (non-hydrogen) atoms. The van der Waals surface area contributed by atoms with Gasteiger partial charge in [-0.15, -0.1) is 0 Å². The minimum Gasteiger partial charge on any atom is -0.372 e. The summed E-state index contributed by atoms with van der Waals surface area (Å²) < 4.78 is 8.12. The Balaban J connectivity index is 1.85. The standard InChI is InChI=1S/C12H19N3O/c1-2-15-8-10(14-9-15)11-12(4-3-5-12)16-7-6-13-11/h8-9,11,13H,2-7H2,1H3. The first kappa shape index (κ1) is 10.3. The maximum absolute atomic E-state index is 6.00. The highest BCUT2D eigenvalue weighted by Crippen LogP contribution is 2.46. The number of ether oxygens (including phenoxy) is 1. The first-order chi connectivity index (χ1) is 7.84. The second kappa shape index (κ2) is 3.86. The molecular formula is C12H19N3O. The van der Waals surface area contributed by atoms with E-state index >= 15 is 0 Å². The molecule has 1 N–H and O–H groups in total. The molecule has 3 rings (SSSR count). The predicted octanol–water partition coefficient (Wildman–Crippen LogP) is 1.49. The smallest absolute Gasteiger partial charge is 0.0950 e. The fraction of sp³-hybridized carbons (Fsp3) is 0.750. The van der Waals surface area contributed by atoms with Crippen molar-refractivity contribution in [3.63, 3.8) is 0 Å². The van der Waals surface area contributed by atoms with E-state index in [4.69, 9.17) is 4.74 Å². The summed E-state index contributed by atoms with van der Waals surface area (Å²) in [4.78, 5) is 4.51. The molecule has 1 aromatic rings. The van der Waals surface area contributed by atoms with Crippen LogP contribution in [0.4, 0.5) is 0 Å². The molecule has 1 aliphatic heterocycles. The number of imidazole rings is 1. The number of nitrogens with one attached hydrogen (secondary N) is 1. The summed E-state index contributed by atoms with van der Waals surface area (Å²) in [5, 5.41) is 3.56. The summed E-state index contributed by atoms with van der Waals surface area (Å²) in [7, 11) is 0. The third-order valence-electron chi connectivity index (χ3n) is 3.88. The Morgan fingerprint density at radius 3 is 3.12 bits per heavy atom. The van der Waals surface area contributed by atoms with E-state index in [1.165, 1.54) is 19.3 Å². The van der Waals surface area contributed by atoms with Gasteiger partial charge in [-0.2, -0.15) is 0 Å². The van der Waals surface area contributed by atoms with Crippen molar-refractivity contribution < 1.29 is 4.74 Å². The van der Waals surface area contributed by atoms with E-state index in [0.29, 0.717) is 6.04 Å². The van der Waals surface area contributed by atoms with Gasteiger partial charge in [-0.05, 0) is 26.2 Å². The molecule has 1 aliphatic carbocycles. The Morgan fingerprint density at radius 1 is 1.62 bits per heavy atom. The average molecular weight is 221 g/mol. The summed E-state index contributed by atoms with van der Waals surface area (Å²) >= 11 is 0. The first-order valence-electron chi connectivity index (χ1n) is 6.23. The lowest BCUT2D eigenvalue weighted by atomic mass is 9.73. The van der Waals surface area contributed by atoms with Crippen molar-refractivity contribution in [2.75, 3.05) is 13.2 Å². The number of aromatic nitrogens is 2. The molecule has 1 saturated carbocycles. The molecule has 4 nitrogen and oxygen atoms in total. The monoisotopic (exact) mass is 221 g/mol. The maximum Gasteiger partial charge on any atom is 0.0950 e. The van der Waals surface area contributed by atoms with Crippen LogP contribution in [0.1, 0.15) is 37.9 Å². The van der Waals surface area contributed by atoms with Crippen LogP contribution in [0, 0.1) is 0 Å². The first-order valence-corrected chi connectivity index (χ1v) is 6.23. The largest absolute Gasteiger partial charge is 0.372 e. The Morgan fingerprint density at radius 2 is 2.50 bits per heavy atom. The van der Waals surface area contributed by atoms with Crippen LogP contribution in [0.25, 0.3) is 0 Å². The fourth-order valence-corrected chi connectivity index (χ4v) is 2.76. The van der Waals surface area contributed by atoms with Crippen LogP contribution in [-0.2, 0) is 11.3 Å². The van der Waals surface area contributed by atoms with Gasteiger partial charge in [-0.1, -0.05) is 0 Å². The van der Waals surface area contributed by atoms with Crippen LogP contribution >= 0.6 is 0 Å².